The van der Waals surface area contributed by atoms with Crippen molar-refractivity contribution in [3.05, 3.63) is 255 Å². The van der Waals surface area contributed by atoms with Crippen molar-refractivity contribution in [3.63, 3.8) is 0 Å². The number of nitro groups is 3. The van der Waals surface area contributed by atoms with Crippen LogP contribution < -0.4 is 16.0 Å². The van der Waals surface area contributed by atoms with Gasteiger partial charge in [-0.15, -0.1) is 0 Å². The van der Waals surface area contributed by atoms with Crippen LogP contribution in [0.2, 0.25) is 0 Å². The molecule has 3 heterocycles. The van der Waals surface area contributed by atoms with E-state index in [1.807, 2.05) is 91.0 Å². The fourth-order valence-electron chi connectivity index (χ4n) is 13.6. The molecule has 6 aromatic rings. The Hall–Kier alpha value is -9.20. The average molecular weight is 1580 g/mol. The van der Waals surface area contributed by atoms with Gasteiger partial charge in [0, 0.05) is 53.0 Å². The van der Waals surface area contributed by atoms with Gasteiger partial charge in [0.2, 0.25) is 17.1 Å². The van der Waals surface area contributed by atoms with Crippen LogP contribution in [-0.4, -0.2) is 109 Å². The van der Waals surface area contributed by atoms with E-state index < -0.39 is 99.2 Å². The number of carbonyl (C=O) groups excluding carboxylic acids is 3. The van der Waals surface area contributed by atoms with Crippen LogP contribution in [0.4, 0.5) is 39.5 Å². The average Bonchev–Trinajstić information content (AvgIpc) is 0.772. The largest absolute Gasteiger partial charge is 0.466 e. The lowest BCUT2D eigenvalue weighted by atomic mass is 9.75. The highest BCUT2D eigenvalue weighted by atomic mass is 19.4. The number of nitrogens with one attached hydrogen (secondary N) is 3. The van der Waals surface area contributed by atoms with Crippen molar-refractivity contribution >= 4 is 17.9 Å². The highest BCUT2D eigenvalue weighted by Crippen LogP contribution is 2.43. The van der Waals surface area contributed by atoms with Gasteiger partial charge < -0.3 is 28.4 Å². The fourth-order valence-corrected chi connectivity index (χ4v) is 13.6. The second-order valence-electron chi connectivity index (χ2n) is 28.2. The summed E-state index contributed by atoms with van der Waals surface area (Å²) >= 11 is 0. The van der Waals surface area contributed by atoms with Gasteiger partial charge in [-0.05, 0) is 151 Å². The van der Waals surface area contributed by atoms with E-state index in [0.717, 1.165) is 59.2 Å². The summed E-state index contributed by atoms with van der Waals surface area (Å²) in [4.78, 5) is 68.2. The van der Waals surface area contributed by atoms with Crippen LogP contribution in [-0.2, 0) is 78.0 Å². The predicted octanol–water partition coefficient (Wildman–Crippen LogP) is 17.8. The number of piperidine rings is 3. The molecule has 3 N–H and O–H groups in total. The van der Waals surface area contributed by atoms with Crippen LogP contribution in [0, 0.1) is 51.1 Å². The van der Waals surface area contributed by atoms with Crippen LogP contribution in [0.1, 0.15) is 198 Å². The van der Waals surface area contributed by atoms with Crippen molar-refractivity contribution in [1.29, 1.82) is 0 Å². The van der Waals surface area contributed by atoms with Crippen molar-refractivity contribution in [1.82, 2.24) is 16.0 Å². The molecule has 0 amide bonds. The Bertz CT molecular complexity index is 3860. The van der Waals surface area contributed by atoms with Gasteiger partial charge in [0.1, 0.15) is 0 Å². The van der Waals surface area contributed by atoms with E-state index in [1.54, 1.807) is 80.5 Å². The molecule has 0 aliphatic carbocycles. The Morgan fingerprint density at radius 3 is 1.04 bits per heavy atom. The van der Waals surface area contributed by atoms with E-state index in [-0.39, 0.29) is 119 Å². The van der Waals surface area contributed by atoms with Gasteiger partial charge in [0.15, 0.2) is 0 Å². The number of hydrogen-bond acceptors (Lipinski definition) is 18. The third-order valence-electron chi connectivity index (χ3n) is 20.3. The van der Waals surface area contributed by atoms with E-state index in [1.165, 1.54) is 0 Å². The van der Waals surface area contributed by atoms with Gasteiger partial charge in [-0.3, -0.25) is 55.9 Å². The summed E-state index contributed by atoms with van der Waals surface area (Å²) in [6.07, 6.45) is -12.1. The first kappa shape index (κ1) is 93.4. The zero-order valence-corrected chi connectivity index (χ0v) is 63.8. The summed E-state index contributed by atoms with van der Waals surface area (Å²) in [5.74, 6) is -1.31. The maximum atomic E-state index is 13.3. The molecular formula is C82H103F9N6O15. The van der Waals surface area contributed by atoms with Crippen LogP contribution in [0.25, 0.3) is 0 Å². The highest BCUT2D eigenvalue weighted by molar-refractivity contribution is 5.81. The van der Waals surface area contributed by atoms with E-state index in [0.29, 0.717) is 65.7 Å². The molecule has 3 aliphatic heterocycles. The Balaban J connectivity index is 0.000000288. The SMILES string of the molecule is C.C=CC(=O)OCC.CCOC(=O)CC[C@@]1([N+](=O)[O-])CC[C@@](CO[C@H](C)c2cc(C)cc(C(F)(F)F)c2)(c2ccccc2)NC1.CCOC(=O)CC[C@]1([N+](=O)[O-])CC[C@@](CO[C@H](C)c2cc(C)cc(C(F)(F)F)c2)(c2ccccc2)NC1.Cc1cc([C@@H](C)OC[C@@]2(c3ccccc3)CC[C@@H]([N+](=O)[O-])CN2)cc(C(F)(F)F)c1. The lowest BCUT2D eigenvalue weighted by Gasteiger charge is -2.44. The van der Waals surface area contributed by atoms with Crippen molar-refractivity contribution in [2.75, 3.05) is 59.3 Å². The Morgan fingerprint density at radius 1 is 0.491 bits per heavy atom. The summed E-state index contributed by atoms with van der Waals surface area (Å²) in [6.45, 7) is 19.7. The molecule has 9 rings (SSSR count). The lowest BCUT2D eigenvalue weighted by Crippen LogP contribution is -2.61. The summed E-state index contributed by atoms with van der Waals surface area (Å²) in [5.41, 5.74) is -1.63. The first-order valence-corrected chi connectivity index (χ1v) is 36.6. The molecule has 112 heavy (non-hydrogen) atoms. The minimum atomic E-state index is -4.47. The zero-order chi connectivity index (χ0) is 82.2. The van der Waals surface area contributed by atoms with Gasteiger partial charge in [-0.25, -0.2) is 4.79 Å². The highest BCUT2D eigenvalue weighted by Gasteiger charge is 2.53. The number of benzene rings is 6. The van der Waals surface area contributed by atoms with Crippen LogP contribution >= 0.6 is 0 Å². The number of halogens is 9. The molecular weight excluding hydrogens is 1480 g/mol. The predicted molar refractivity (Wildman–Crippen MR) is 403 cm³/mol. The molecule has 0 unspecified atom stereocenters. The lowest BCUT2D eigenvalue weighted by molar-refractivity contribution is -0.573. The molecule has 0 saturated carbocycles. The number of alkyl halides is 9. The van der Waals surface area contributed by atoms with Gasteiger partial charge in [0.25, 0.3) is 0 Å². The maximum Gasteiger partial charge on any atom is 0.416 e. The van der Waals surface area contributed by atoms with E-state index in [2.05, 4.69) is 27.3 Å². The minimum Gasteiger partial charge on any atom is -0.466 e. The standard InChI is InChI=1S/2C27H33F3N2O5.C22H25F3N2O3.C5H8O2.CH4/c2*1-4-36-24(33)10-11-25(32(34)35)12-13-26(31-17-25,22-8-6-5-7-9-22)18-37-20(3)21-14-19(2)15-23(16-21)27(28,29)30;1-15-10-17(12-19(11-15)22(23,24)25)16(2)30-14-21(18-6-4-3-5-7-18)9-8-20(13-26-21)27(28)29;1-3-5(6)7-4-2;/h2*5-9,14-16,20,31H,4,10-13,17-18H2,1-3H3;3-7,10-12,16,20,26H,8-9,13-14H2,1-2H3;3H,1,4H2,2H3;1H4/t20-,25+,26-;20-,25-,26-;16-,20-,21-;;/m111../s1. The molecule has 3 aliphatic rings. The molecule has 21 nitrogen and oxygen atoms in total. The zero-order valence-electron chi connectivity index (χ0n) is 63.8. The molecule has 30 heteroatoms. The number of nitrogens with zero attached hydrogens (tertiary/aromatic N) is 3. The number of carbonyl (C=O) groups is 3. The first-order valence-electron chi connectivity index (χ1n) is 36.6. The Kier molecular flexibility index (Phi) is 34.6. The topological polar surface area (TPSA) is 272 Å². The Morgan fingerprint density at radius 2 is 0.804 bits per heavy atom. The summed E-state index contributed by atoms with van der Waals surface area (Å²) in [7, 11) is 0. The molecule has 9 atom stereocenters. The normalized spacial score (nSPS) is 21.8. The van der Waals surface area contributed by atoms with Gasteiger partial charge in [-0.1, -0.05) is 140 Å². The van der Waals surface area contributed by atoms with Crippen molar-refractivity contribution in [3.8, 4) is 0 Å². The molecule has 614 valence electrons. The second kappa shape index (κ2) is 41.5. The summed E-state index contributed by atoms with van der Waals surface area (Å²) in [6, 6.07) is 39.2. The van der Waals surface area contributed by atoms with Gasteiger partial charge in [-0.2, -0.15) is 39.5 Å². The quantitative estimate of drug-likeness (QED) is 0.0103. The first-order chi connectivity index (χ1) is 52.2. The molecule has 3 fully saturated rings. The third kappa shape index (κ3) is 26.2. The molecule has 3 saturated heterocycles. The van der Waals surface area contributed by atoms with Crippen LogP contribution in [0.5, 0.6) is 0 Å². The molecule has 0 bridgehead atoms. The molecule has 0 radical (unpaired) electrons. The third-order valence-corrected chi connectivity index (χ3v) is 20.3. The van der Waals surface area contributed by atoms with Crippen LogP contribution in [0.3, 0.4) is 0 Å². The van der Waals surface area contributed by atoms with Crippen molar-refractivity contribution in [2.24, 2.45) is 0 Å². The summed E-state index contributed by atoms with van der Waals surface area (Å²) in [5, 5.41) is 45.3. The van der Waals surface area contributed by atoms with Gasteiger partial charge in [0.05, 0.1) is 124 Å². The minimum absolute atomic E-state index is 0. The van der Waals surface area contributed by atoms with Gasteiger partial charge >= 0.3 is 36.4 Å². The Labute approximate surface area is 647 Å². The van der Waals surface area contributed by atoms with E-state index >= 15 is 0 Å². The number of esters is 3. The number of hydrogen-bond donors (Lipinski definition) is 3. The van der Waals surface area contributed by atoms with Crippen molar-refractivity contribution < 1.29 is 97.1 Å². The monoisotopic (exact) mass is 1580 g/mol. The molecule has 0 aromatic heterocycles. The van der Waals surface area contributed by atoms with E-state index in [9.17, 15) is 84.2 Å². The second-order valence-corrected chi connectivity index (χ2v) is 28.2. The van der Waals surface area contributed by atoms with E-state index in [4.69, 9.17) is 23.7 Å². The molecule has 6 aromatic carbocycles. The summed E-state index contributed by atoms with van der Waals surface area (Å²) < 4.78 is 152. The fraction of sp³-hybridized carbons (Fsp3) is 0.500. The number of aryl methyl sites for hydroxylation is 3. The smallest absolute Gasteiger partial charge is 0.416 e. The number of ether oxygens (including phenoxy) is 6. The van der Waals surface area contributed by atoms with Crippen LogP contribution in [0.15, 0.2) is 158 Å². The number of rotatable bonds is 28. The van der Waals surface area contributed by atoms with Crippen molar-refractivity contribution in [2.45, 2.75) is 205 Å². The maximum absolute atomic E-state index is 13.3. The molecule has 0 spiro atoms.